The monoisotopic (exact) mass is 283 g/mol. The Labute approximate surface area is 112 Å². The first kappa shape index (κ1) is 12.9. The molecule has 0 aliphatic heterocycles. The number of pyridine rings is 1. The molecule has 2 aromatic heterocycles. The van der Waals surface area contributed by atoms with Gasteiger partial charge in [0, 0.05) is 11.6 Å². The molecule has 1 saturated carbocycles. The van der Waals surface area contributed by atoms with Gasteiger partial charge < -0.3 is 5.32 Å². The minimum absolute atomic E-state index is 0.200. The average Bonchev–Trinajstić information content (AvgIpc) is 2.86. The molecular weight excluding hydrogens is 271 g/mol. The molecule has 2 N–H and O–H groups in total. The van der Waals surface area contributed by atoms with Crippen LogP contribution in [0.25, 0.3) is 11.4 Å². The van der Waals surface area contributed by atoms with Crippen molar-refractivity contribution in [2.24, 2.45) is 0 Å². The zero-order valence-electron chi connectivity index (χ0n) is 10.4. The fraction of sp³-hybridized carbons (Fsp3) is 0.417. The lowest BCUT2D eigenvalue weighted by Crippen LogP contribution is -2.27. The SMILES string of the molecule is FC(F)(F)c1cc(-c2nc[nH]n2)cc(NC2CCC2)n1. The van der Waals surface area contributed by atoms with Gasteiger partial charge >= 0.3 is 6.18 Å². The molecule has 8 heteroatoms. The maximum Gasteiger partial charge on any atom is 0.433 e. The molecule has 0 saturated heterocycles. The van der Waals surface area contributed by atoms with Crippen molar-refractivity contribution in [1.82, 2.24) is 20.2 Å². The van der Waals surface area contributed by atoms with Crippen LogP contribution in [-0.4, -0.2) is 26.2 Å². The van der Waals surface area contributed by atoms with E-state index in [9.17, 15) is 13.2 Å². The maximum atomic E-state index is 12.9. The van der Waals surface area contributed by atoms with Crippen LogP contribution in [0.5, 0.6) is 0 Å². The van der Waals surface area contributed by atoms with Gasteiger partial charge in [-0.25, -0.2) is 9.97 Å². The Morgan fingerprint density at radius 2 is 2.05 bits per heavy atom. The Bertz CT molecular complexity index is 590. The summed E-state index contributed by atoms with van der Waals surface area (Å²) in [7, 11) is 0. The number of halogens is 3. The summed E-state index contributed by atoms with van der Waals surface area (Å²) in [5.41, 5.74) is -0.656. The van der Waals surface area contributed by atoms with Gasteiger partial charge in [-0.3, -0.25) is 5.10 Å². The lowest BCUT2D eigenvalue weighted by Gasteiger charge is -2.27. The predicted molar refractivity (Wildman–Crippen MR) is 65.9 cm³/mol. The van der Waals surface area contributed by atoms with Crippen molar-refractivity contribution in [3.8, 4) is 11.4 Å². The second-order valence-corrected chi connectivity index (χ2v) is 4.72. The number of hydrogen-bond donors (Lipinski definition) is 2. The van der Waals surface area contributed by atoms with Gasteiger partial charge in [-0.2, -0.15) is 18.3 Å². The highest BCUT2D eigenvalue weighted by molar-refractivity contribution is 5.60. The molecule has 0 unspecified atom stereocenters. The van der Waals surface area contributed by atoms with Gasteiger partial charge in [-0.05, 0) is 31.4 Å². The van der Waals surface area contributed by atoms with Crippen LogP contribution in [-0.2, 0) is 6.18 Å². The smallest absolute Gasteiger partial charge is 0.367 e. The molecule has 1 aliphatic rings. The summed E-state index contributed by atoms with van der Waals surface area (Å²) in [6, 6.07) is 2.69. The highest BCUT2D eigenvalue weighted by atomic mass is 19.4. The van der Waals surface area contributed by atoms with E-state index in [4.69, 9.17) is 0 Å². The van der Waals surface area contributed by atoms with Crippen molar-refractivity contribution in [1.29, 1.82) is 0 Å². The Kier molecular flexibility index (Phi) is 3.07. The van der Waals surface area contributed by atoms with E-state index in [1.165, 1.54) is 12.4 Å². The first-order valence-corrected chi connectivity index (χ1v) is 6.24. The number of anilines is 1. The fourth-order valence-corrected chi connectivity index (χ4v) is 1.99. The molecule has 0 aromatic carbocycles. The molecule has 20 heavy (non-hydrogen) atoms. The van der Waals surface area contributed by atoms with Crippen LogP contribution in [0.3, 0.4) is 0 Å². The van der Waals surface area contributed by atoms with Gasteiger partial charge in [0.1, 0.15) is 17.8 Å². The van der Waals surface area contributed by atoms with E-state index in [1.54, 1.807) is 0 Å². The summed E-state index contributed by atoms with van der Waals surface area (Å²) in [4.78, 5) is 7.51. The lowest BCUT2D eigenvalue weighted by atomic mass is 9.93. The molecule has 1 aliphatic carbocycles. The molecular formula is C12H12F3N5. The summed E-state index contributed by atoms with van der Waals surface area (Å²) in [5.74, 6) is 0.430. The van der Waals surface area contributed by atoms with Gasteiger partial charge in [-0.1, -0.05) is 0 Å². The van der Waals surface area contributed by atoms with E-state index in [2.05, 4.69) is 25.5 Å². The van der Waals surface area contributed by atoms with Crippen molar-refractivity contribution >= 4 is 5.82 Å². The van der Waals surface area contributed by atoms with E-state index in [0.717, 1.165) is 25.3 Å². The summed E-state index contributed by atoms with van der Waals surface area (Å²) in [6.45, 7) is 0. The summed E-state index contributed by atoms with van der Waals surface area (Å²) in [5, 5.41) is 9.31. The molecule has 0 bridgehead atoms. The van der Waals surface area contributed by atoms with Crippen molar-refractivity contribution in [3.63, 3.8) is 0 Å². The quantitative estimate of drug-likeness (QED) is 0.909. The van der Waals surface area contributed by atoms with E-state index < -0.39 is 11.9 Å². The number of aromatic nitrogens is 4. The largest absolute Gasteiger partial charge is 0.433 e. The van der Waals surface area contributed by atoms with Gasteiger partial charge in [-0.15, -0.1) is 0 Å². The van der Waals surface area contributed by atoms with Crippen LogP contribution < -0.4 is 5.32 Å². The molecule has 3 rings (SSSR count). The molecule has 2 aromatic rings. The summed E-state index contributed by atoms with van der Waals surface area (Å²) in [6.07, 6.45) is -0.184. The molecule has 106 valence electrons. The summed E-state index contributed by atoms with van der Waals surface area (Å²) < 4.78 is 38.7. The Balaban J connectivity index is 1.98. The standard InChI is InChI=1S/C12H12F3N5/c13-12(14,15)9-4-7(11-16-6-17-20-11)5-10(19-9)18-8-2-1-3-8/h4-6,8H,1-3H2,(H,18,19)(H,16,17,20). The Morgan fingerprint density at radius 3 is 2.60 bits per heavy atom. The number of nitrogens with zero attached hydrogens (tertiary/aromatic N) is 3. The van der Waals surface area contributed by atoms with Crippen molar-refractivity contribution in [2.75, 3.05) is 5.32 Å². The van der Waals surface area contributed by atoms with Crippen LogP contribution in [0.1, 0.15) is 25.0 Å². The fourth-order valence-electron chi connectivity index (χ4n) is 1.99. The number of nitrogens with one attached hydrogen (secondary N) is 2. The molecule has 0 amide bonds. The molecule has 0 spiro atoms. The van der Waals surface area contributed by atoms with Gasteiger partial charge in [0.2, 0.25) is 0 Å². The first-order valence-electron chi connectivity index (χ1n) is 6.24. The highest BCUT2D eigenvalue weighted by Gasteiger charge is 2.34. The Hall–Kier alpha value is -2.12. The van der Waals surface area contributed by atoms with Crippen LogP contribution >= 0.6 is 0 Å². The second kappa shape index (κ2) is 4.77. The molecule has 5 nitrogen and oxygen atoms in total. The predicted octanol–water partition coefficient (Wildman–Crippen LogP) is 2.85. The third-order valence-electron chi connectivity index (χ3n) is 3.25. The number of rotatable bonds is 3. The molecule has 1 fully saturated rings. The molecule has 2 heterocycles. The minimum Gasteiger partial charge on any atom is -0.367 e. The van der Waals surface area contributed by atoms with Crippen LogP contribution in [0.15, 0.2) is 18.5 Å². The molecule has 0 atom stereocenters. The number of aromatic amines is 1. The van der Waals surface area contributed by atoms with E-state index in [1.807, 2.05) is 0 Å². The third kappa shape index (κ3) is 2.59. The minimum atomic E-state index is -4.50. The first-order chi connectivity index (χ1) is 9.52. The maximum absolute atomic E-state index is 12.9. The topological polar surface area (TPSA) is 66.5 Å². The lowest BCUT2D eigenvalue weighted by molar-refractivity contribution is -0.141. The zero-order valence-corrected chi connectivity index (χ0v) is 10.4. The summed E-state index contributed by atoms with van der Waals surface area (Å²) >= 11 is 0. The van der Waals surface area contributed by atoms with Gasteiger partial charge in [0.25, 0.3) is 0 Å². The van der Waals surface area contributed by atoms with Gasteiger partial charge in [0.15, 0.2) is 5.82 Å². The average molecular weight is 283 g/mol. The zero-order chi connectivity index (χ0) is 14.2. The van der Waals surface area contributed by atoms with E-state index >= 15 is 0 Å². The Morgan fingerprint density at radius 1 is 1.25 bits per heavy atom. The normalized spacial score (nSPS) is 15.9. The van der Waals surface area contributed by atoms with E-state index in [0.29, 0.717) is 0 Å². The van der Waals surface area contributed by atoms with E-state index in [-0.39, 0.29) is 23.2 Å². The van der Waals surface area contributed by atoms with Gasteiger partial charge in [0.05, 0.1) is 0 Å². The van der Waals surface area contributed by atoms with Crippen molar-refractivity contribution < 1.29 is 13.2 Å². The van der Waals surface area contributed by atoms with Crippen LogP contribution in [0.4, 0.5) is 19.0 Å². The second-order valence-electron chi connectivity index (χ2n) is 4.72. The van der Waals surface area contributed by atoms with Crippen LogP contribution in [0.2, 0.25) is 0 Å². The van der Waals surface area contributed by atoms with Crippen molar-refractivity contribution in [3.05, 3.63) is 24.2 Å². The molecule has 0 radical (unpaired) electrons. The number of alkyl halides is 3. The third-order valence-corrected chi connectivity index (χ3v) is 3.25. The van der Waals surface area contributed by atoms with Crippen LogP contribution in [0, 0.1) is 0 Å². The number of H-pyrrole nitrogens is 1. The highest BCUT2D eigenvalue weighted by Crippen LogP contribution is 2.32. The van der Waals surface area contributed by atoms with Crippen molar-refractivity contribution in [2.45, 2.75) is 31.5 Å². The number of hydrogen-bond acceptors (Lipinski definition) is 4.